The molecular weight excluding hydrogens is 194 g/mol. The van der Waals surface area contributed by atoms with Crippen molar-refractivity contribution < 1.29 is 9.53 Å². The van der Waals surface area contributed by atoms with Gasteiger partial charge in [0.25, 0.3) is 5.56 Å². The molecule has 82 valence electrons. The molecule has 0 aromatic carbocycles. The number of esters is 1. The summed E-state index contributed by atoms with van der Waals surface area (Å²) in [5.41, 5.74) is 1.22. The van der Waals surface area contributed by atoms with Crippen LogP contribution >= 0.6 is 0 Å². The lowest BCUT2D eigenvalue weighted by Crippen LogP contribution is -2.22. The van der Waals surface area contributed by atoms with Crippen LogP contribution in [-0.4, -0.2) is 17.6 Å². The second-order valence-electron chi connectivity index (χ2n) is 3.26. The molecule has 1 aromatic rings. The standard InChI is InChI=1S/C11H15NO3/c1-4-8-6-7(3)9(10(13)12-8)11(14)15-5-2/h6H,4-5H2,1-3H3,(H,12,13). The number of carbonyl (C=O) groups excluding carboxylic acids is 1. The van der Waals surface area contributed by atoms with Crippen LogP contribution in [0.5, 0.6) is 0 Å². The first-order valence-corrected chi connectivity index (χ1v) is 5.00. The summed E-state index contributed by atoms with van der Waals surface area (Å²) < 4.78 is 4.80. The van der Waals surface area contributed by atoms with E-state index < -0.39 is 5.97 Å². The molecule has 0 saturated heterocycles. The lowest BCUT2D eigenvalue weighted by molar-refractivity contribution is 0.0523. The van der Waals surface area contributed by atoms with Crippen LogP contribution < -0.4 is 5.56 Å². The van der Waals surface area contributed by atoms with E-state index in [-0.39, 0.29) is 17.7 Å². The van der Waals surface area contributed by atoms with E-state index in [4.69, 9.17) is 4.74 Å². The van der Waals surface area contributed by atoms with E-state index in [9.17, 15) is 9.59 Å². The van der Waals surface area contributed by atoms with Crippen molar-refractivity contribution in [3.8, 4) is 0 Å². The number of pyridine rings is 1. The highest BCUT2D eigenvalue weighted by molar-refractivity contribution is 5.90. The summed E-state index contributed by atoms with van der Waals surface area (Å²) in [6, 6.07) is 1.80. The Labute approximate surface area is 88.3 Å². The largest absolute Gasteiger partial charge is 0.462 e. The van der Waals surface area contributed by atoms with Gasteiger partial charge in [-0.2, -0.15) is 0 Å². The molecule has 4 nitrogen and oxygen atoms in total. The number of hydrogen-bond acceptors (Lipinski definition) is 3. The molecule has 0 bridgehead atoms. The second kappa shape index (κ2) is 4.77. The van der Waals surface area contributed by atoms with Crippen molar-refractivity contribution in [2.75, 3.05) is 6.61 Å². The predicted molar refractivity (Wildman–Crippen MR) is 57.1 cm³/mol. The zero-order valence-electron chi connectivity index (χ0n) is 9.22. The molecular formula is C11H15NO3. The van der Waals surface area contributed by atoms with E-state index in [2.05, 4.69) is 4.98 Å². The Kier molecular flexibility index (Phi) is 3.66. The van der Waals surface area contributed by atoms with E-state index in [1.807, 2.05) is 6.92 Å². The second-order valence-corrected chi connectivity index (χ2v) is 3.26. The summed E-state index contributed by atoms with van der Waals surface area (Å²) in [7, 11) is 0. The van der Waals surface area contributed by atoms with Crippen LogP contribution in [0, 0.1) is 6.92 Å². The molecule has 0 fully saturated rings. The highest BCUT2D eigenvalue weighted by Crippen LogP contribution is 2.06. The maximum Gasteiger partial charge on any atom is 0.344 e. The van der Waals surface area contributed by atoms with Crippen LogP contribution in [0.15, 0.2) is 10.9 Å². The Bertz CT molecular complexity index is 420. The molecule has 1 rings (SSSR count). The first-order valence-electron chi connectivity index (χ1n) is 5.00. The molecule has 15 heavy (non-hydrogen) atoms. The van der Waals surface area contributed by atoms with Crippen molar-refractivity contribution in [1.29, 1.82) is 0 Å². The van der Waals surface area contributed by atoms with Gasteiger partial charge in [0, 0.05) is 5.69 Å². The van der Waals surface area contributed by atoms with Crippen molar-refractivity contribution in [3.05, 3.63) is 33.2 Å². The van der Waals surface area contributed by atoms with Crippen LogP contribution in [0.4, 0.5) is 0 Å². The molecule has 4 heteroatoms. The normalized spacial score (nSPS) is 10.1. The number of carbonyl (C=O) groups is 1. The molecule has 0 aliphatic carbocycles. The highest BCUT2D eigenvalue weighted by atomic mass is 16.5. The topological polar surface area (TPSA) is 59.2 Å². The van der Waals surface area contributed by atoms with Crippen molar-refractivity contribution >= 4 is 5.97 Å². The summed E-state index contributed by atoms with van der Waals surface area (Å²) in [6.07, 6.45) is 0.735. The molecule has 1 N–H and O–H groups in total. The Morgan fingerprint density at radius 2 is 2.13 bits per heavy atom. The fourth-order valence-electron chi connectivity index (χ4n) is 1.40. The summed E-state index contributed by atoms with van der Waals surface area (Å²) in [5.74, 6) is -0.557. The number of ether oxygens (including phenoxy) is 1. The van der Waals surface area contributed by atoms with Crippen molar-refractivity contribution in [2.24, 2.45) is 0 Å². The third kappa shape index (κ3) is 2.46. The maximum absolute atomic E-state index is 11.6. The maximum atomic E-state index is 11.6. The first-order chi connectivity index (χ1) is 7.10. The highest BCUT2D eigenvalue weighted by Gasteiger charge is 2.15. The number of hydrogen-bond donors (Lipinski definition) is 1. The third-order valence-corrected chi connectivity index (χ3v) is 2.15. The van der Waals surface area contributed by atoms with Gasteiger partial charge < -0.3 is 9.72 Å². The van der Waals surface area contributed by atoms with Gasteiger partial charge in [0.05, 0.1) is 6.61 Å². The molecule has 0 spiro atoms. The quantitative estimate of drug-likeness (QED) is 0.766. The van der Waals surface area contributed by atoms with Gasteiger partial charge in [0.1, 0.15) is 5.56 Å². The molecule has 0 radical (unpaired) electrons. The van der Waals surface area contributed by atoms with Gasteiger partial charge in [-0.3, -0.25) is 4.79 Å². The fraction of sp³-hybridized carbons (Fsp3) is 0.455. The fourth-order valence-corrected chi connectivity index (χ4v) is 1.40. The molecule has 0 saturated carbocycles. The van der Waals surface area contributed by atoms with Gasteiger partial charge in [0.15, 0.2) is 0 Å². The van der Waals surface area contributed by atoms with E-state index in [0.29, 0.717) is 5.56 Å². The minimum atomic E-state index is -0.557. The van der Waals surface area contributed by atoms with Gasteiger partial charge in [-0.25, -0.2) is 4.79 Å². The molecule has 0 atom stereocenters. The summed E-state index contributed by atoms with van der Waals surface area (Å²) in [4.78, 5) is 25.7. The number of rotatable bonds is 3. The van der Waals surface area contributed by atoms with Crippen molar-refractivity contribution in [2.45, 2.75) is 27.2 Å². The molecule has 0 amide bonds. The van der Waals surface area contributed by atoms with E-state index in [1.165, 1.54) is 0 Å². The molecule has 1 heterocycles. The first kappa shape index (κ1) is 11.5. The SMILES string of the molecule is CCOC(=O)c1c(C)cc(CC)[nH]c1=O. The van der Waals surface area contributed by atoms with Crippen LogP contribution in [0.3, 0.4) is 0 Å². The zero-order valence-corrected chi connectivity index (χ0v) is 9.22. The number of H-pyrrole nitrogens is 1. The predicted octanol–water partition coefficient (Wildman–Crippen LogP) is 1.42. The van der Waals surface area contributed by atoms with Gasteiger partial charge in [-0.1, -0.05) is 6.92 Å². The van der Waals surface area contributed by atoms with Crippen LogP contribution in [0.2, 0.25) is 0 Å². The van der Waals surface area contributed by atoms with E-state index in [0.717, 1.165) is 12.1 Å². The monoisotopic (exact) mass is 209 g/mol. The summed E-state index contributed by atoms with van der Waals surface area (Å²) in [5, 5.41) is 0. The molecule has 0 aliphatic rings. The van der Waals surface area contributed by atoms with Crippen molar-refractivity contribution in [1.82, 2.24) is 4.98 Å². The number of aryl methyl sites for hydroxylation is 2. The van der Waals surface area contributed by atoms with Crippen LogP contribution in [0.25, 0.3) is 0 Å². The van der Waals surface area contributed by atoms with Gasteiger partial charge >= 0.3 is 5.97 Å². The Hall–Kier alpha value is -1.58. The van der Waals surface area contributed by atoms with Crippen LogP contribution in [0.1, 0.15) is 35.5 Å². The van der Waals surface area contributed by atoms with Crippen LogP contribution in [-0.2, 0) is 11.2 Å². The van der Waals surface area contributed by atoms with Gasteiger partial charge in [0.2, 0.25) is 0 Å². The number of nitrogens with one attached hydrogen (secondary N) is 1. The lowest BCUT2D eigenvalue weighted by Gasteiger charge is -2.05. The minimum absolute atomic E-state index is 0.106. The van der Waals surface area contributed by atoms with E-state index >= 15 is 0 Å². The molecule has 0 unspecified atom stereocenters. The molecule has 1 aromatic heterocycles. The van der Waals surface area contributed by atoms with Crippen molar-refractivity contribution in [3.63, 3.8) is 0 Å². The summed E-state index contributed by atoms with van der Waals surface area (Å²) >= 11 is 0. The minimum Gasteiger partial charge on any atom is -0.462 e. The number of aromatic nitrogens is 1. The summed E-state index contributed by atoms with van der Waals surface area (Å²) in [6.45, 7) is 5.66. The third-order valence-electron chi connectivity index (χ3n) is 2.15. The average Bonchev–Trinajstić information content (AvgIpc) is 2.16. The van der Waals surface area contributed by atoms with Gasteiger partial charge in [-0.05, 0) is 31.9 Å². The molecule has 0 aliphatic heterocycles. The lowest BCUT2D eigenvalue weighted by atomic mass is 10.1. The van der Waals surface area contributed by atoms with E-state index in [1.54, 1.807) is 19.9 Å². The Morgan fingerprint density at radius 3 is 2.60 bits per heavy atom. The zero-order chi connectivity index (χ0) is 11.4. The Morgan fingerprint density at radius 1 is 1.47 bits per heavy atom. The smallest absolute Gasteiger partial charge is 0.344 e. The van der Waals surface area contributed by atoms with Gasteiger partial charge in [-0.15, -0.1) is 0 Å². The Balaban J connectivity index is 3.20. The number of aromatic amines is 1. The average molecular weight is 209 g/mol.